The Bertz CT molecular complexity index is 588. The van der Waals surface area contributed by atoms with Gasteiger partial charge < -0.3 is 10.1 Å². The standard InChI is InChI=1S/C13H13BrN2O4/c1-16-11(17)6-10(13(16)19)15-12(18)8-5-7(20-2)3-4-9(8)14/h3-5,10H,6H2,1-2H3,(H,15,18). The Morgan fingerprint density at radius 3 is 2.70 bits per heavy atom. The smallest absolute Gasteiger partial charge is 0.253 e. The third kappa shape index (κ3) is 2.67. The highest BCUT2D eigenvalue weighted by molar-refractivity contribution is 9.10. The fourth-order valence-electron chi connectivity index (χ4n) is 1.91. The Morgan fingerprint density at radius 1 is 1.45 bits per heavy atom. The quantitative estimate of drug-likeness (QED) is 0.831. The monoisotopic (exact) mass is 340 g/mol. The number of hydrogen-bond donors (Lipinski definition) is 1. The Hall–Kier alpha value is -1.89. The van der Waals surface area contributed by atoms with Crippen molar-refractivity contribution < 1.29 is 19.1 Å². The highest BCUT2D eigenvalue weighted by Crippen LogP contribution is 2.23. The van der Waals surface area contributed by atoms with Crippen LogP contribution in [0.15, 0.2) is 22.7 Å². The summed E-state index contributed by atoms with van der Waals surface area (Å²) in [5, 5.41) is 2.56. The van der Waals surface area contributed by atoms with Crippen LogP contribution in [-0.4, -0.2) is 42.8 Å². The molecule has 1 aromatic rings. The van der Waals surface area contributed by atoms with Gasteiger partial charge in [0.25, 0.3) is 11.8 Å². The minimum absolute atomic E-state index is 0.0112. The van der Waals surface area contributed by atoms with Crippen LogP contribution in [0.4, 0.5) is 0 Å². The van der Waals surface area contributed by atoms with E-state index in [2.05, 4.69) is 21.2 Å². The Kier molecular flexibility index (Phi) is 4.08. The van der Waals surface area contributed by atoms with E-state index < -0.39 is 17.9 Å². The zero-order valence-corrected chi connectivity index (χ0v) is 12.6. The van der Waals surface area contributed by atoms with Gasteiger partial charge in [-0.2, -0.15) is 0 Å². The van der Waals surface area contributed by atoms with Crippen LogP contribution in [-0.2, 0) is 9.59 Å². The first-order valence-electron chi connectivity index (χ1n) is 5.89. The fourth-order valence-corrected chi connectivity index (χ4v) is 2.34. The number of halogens is 1. The summed E-state index contributed by atoms with van der Waals surface area (Å²) < 4.78 is 5.64. The van der Waals surface area contributed by atoms with Crippen LogP contribution in [0.25, 0.3) is 0 Å². The molecule has 7 heteroatoms. The van der Waals surface area contributed by atoms with Crippen LogP contribution in [0.1, 0.15) is 16.8 Å². The van der Waals surface area contributed by atoms with E-state index in [4.69, 9.17) is 4.74 Å². The number of nitrogens with one attached hydrogen (secondary N) is 1. The summed E-state index contributed by atoms with van der Waals surface area (Å²) in [5.41, 5.74) is 0.346. The minimum Gasteiger partial charge on any atom is -0.497 e. The van der Waals surface area contributed by atoms with E-state index in [-0.39, 0.29) is 12.3 Å². The molecule has 6 nitrogen and oxygen atoms in total. The highest BCUT2D eigenvalue weighted by Gasteiger charge is 2.37. The van der Waals surface area contributed by atoms with Crippen LogP contribution in [0.2, 0.25) is 0 Å². The first-order valence-corrected chi connectivity index (χ1v) is 6.68. The highest BCUT2D eigenvalue weighted by atomic mass is 79.9. The molecule has 0 saturated carbocycles. The first-order chi connectivity index (χ1) is 9.43. The molecule has 1 aliphatic rings. The van der Waals surface area contributed by atoms with Crippen molar-refractivity contribution in [2.24, 2.45) is 0 Å². The third-order valence-corrected chi connectivity index (χ3v) is 3.80. The van der Waals surface area contributed by atoms with Crippen molar-refractivity contribution in [3.63, 3.8) is 0 Å². The molecule has 1 aromatic carbocycles. The van der Waals surface area contributed by atoms with Crippen molar-refractivity contribution in [2.75, 3.05) is 14.2 Å². The predicted octanol–water partition coefficient (Wildman–Crippen LogP) is 0.945. The van der Waals surface area contributed by atoms with E-state index in [0.29, 0.717) is 15.8 Å². The van der Waals surface area contributed by atoms with Gasteiger partial charge in [-0.15, -0.1) is 0 Å². The molecule has 3 amide bonds. The summed E-state index contributed by atoms with van der Waals surface area (Å²) in [5.74, 6) is -0.603. The number of imide groups is 1. The molecule has 2 rings (SSSR count). The lowest BCUT2D eigenvalue weighted by atomic mass is 10.1. The van der Waals surface area contributed by atoms with E-state index >= 15 is 0 Å². The number of ether oxygens (including phenoxy) is 1. The van der Waals surface area contributed by atoms with Crippen molar-refractivity contribution in [1.82, 2.24) is 10.2 Å². The average molecular weight is 341 g/mol. The van der Waals surface area contributed by atoms with Gasteiger partial charge in [0.1, 0.15) is 11.8 Å². The lowest BCUT2D eigenvalue weighted by Crippen LogP contribution is -2.40. The molecular formula is C13H13BrN2O4. The second kappa shape index (κ2) is 5.62. The van der Waals surface area contributed by atoms with Gasteiger partial charge in [0.05, 0.1) is 19.1 Å². The number of nitrogens with zero attached hydrogens (tertiary/aromatic N) is 1. The molecular weight excluding hydrogens is 328 g/mol. The Balaban J connectivity index is 2.17. The molecule has 1 saturated heterocycles. The van der Waals surface area contributed by atoms with Gasteiger partial charge in [-0.05, 0) is 34.1 Å². The first kappa shape index (κ1) is 14.5. The molecule has 1 unspecified atom stereocenters. The normalized spacial score (nSPS) is 18.4. The molecule has 1 heterocycles. The van der Waals surface area contributed by atoms with E-state index in [0.717, 1.165) is 4.90 Å². The minimum atomic E-state index is -0.807. The SMILES string of the molecule is COc1ccc(Br)c(C(=O)NC2CC(=O)N(C)C2=O)c1. The summed E-state index contributed by atoms with van der Waals surface area (Å²) in [4.78, 5) is 36.3. The van der Waals surface area contributed by atoms with Crippen LogP contribution < -0.4 is 10.1 Å². The summed E-state index contributed by atoms with van der Waals surface area (Å²) in [7, 11) is 2.90. The molecule has 0 spiro atoms. The topological polar surface area (TPSA) is 75.7 Å². The summed E-state index contributed by atoms with van der Waals surface area (Å²) >= 11 is 3.27. The van der Waals surface area contributed by atoms with Crippen LogP contribution >= 0.6 is 15.9 Å². The average Bonchev–Trinajstić information content (AvgIpc) is 2.67. The van der Waals surface area contributed by atoms with Crippen LogP contribution in [0.5, 0.6) is 5.75 Å². The van der Waals surface area contributed by atoms with Gasteiger partial charge in [0.2, 0.25) is 5.91 Å². The summed E-state index contributed by atoms with van der Waals surface area (Å²) in [6.07, 6.45) is -0.0112. The maximum Gasteiger partial charge on any atom is 0.253 e. The third-order valence-electron chi connectivity index (χ3n) is 3.11. The number of amides is 3. The van der Waals surface area contributed by atoms with E-state index in [1.807, 2.05) is 0 Å². The van der Waals surface area contributed by atoms with Gasteiger partial charge in [-0.3, -0.25) is 19.3 Å². The number of rotatable bonds is 3. The molecule has 0 radical (unpaired) electrons. The number of likely N-dealkylation sites (tertiary alicyclic amines) is 1. The number of hydrogen-bond acceptors (Lipinski definition) is 4. The fraction of sp³-hybridized carbons (Fsp3) is 0.308. The lowest BCUT2D eigenvalue weighted by molar-refractivity contribution is -0.137. The lowest BCUT2D eigenvalue weighted by Gasteiger charge is -2.12. The van der Waals surface area contributed by atoms with E-state index in [1.165, 1.54) is 14.2 Å². The second-order valence-electron chi connectivity index (χ2n) is 4.37. The van der Waals surface area contributed by atoms with Crippen LogP contribution in [0.3, 0.4) is 0 Å². The van der Waals surface area contributed by atoms with Gasteiger partial charge in [-0.25, -0.2) is 0 Å². The van der Waals surface area contributed by atoms with Crippen molar-refractivity contribution in [3.8, 4) is 5.75 Å². The Morgan fingerprint density at radius 2 is 2.15 bits per heavy atom. The molecule has 106 valence electrons. The molecule has 0 aromatic heterocycles. The molecule has 20 heavy (non-hydrogen) atoms. The molecule has 1 aliphatic heterocycles. The van der Waals surface area contributed by atoms with Crippen molar-refractivity contribution in [2.45, 2.75) is 12.5 Å². The number of carbonyl (C=O) groups excluding carboxylic acids is 3. The van der Waals surface area contributed by atoms with Gasteiger partial charge in [0.15, 0.2) is 0 Å². The summed E-state index contributed by atoms with van der Waals surface area (Å²) in [6, 6.07) is 4.14. The van der Waals surface area contributed by atoms with E-state index in [9.17, 15) is 14.4 Å². The van der Waals surface area contributed by atoms with Crippen molar-refractivity contribution in [1.29, 1.82) is 0 Å². The van der Waals surface area contributed by atoms with Crippen LogP contribution in [0, 0.1) is 0 Å². The predicted molar refractivity (Wildman–Crippen MR) is 74.3 cm³/mol. The Labute approximate surface area is 124 Å². The van der Waals surface area contributed by atoms with Crippen molar-refractivity contribution in [3.05, 3.63) is 28.2 Å². The number of carbonyl (C=O) groups is 3. The molecule has 0 aliphatic carbocycles. The largest absolute Gasteiger partial charge is 0.497 e. The van der Waals surface area contributed by atoms with Gasteiger partial charge in [-0.1, -0.05) is 0 Å². The molecule has 1 fully saturated rings. The summed E-state index contributed by atoms with van der Waals surface area (Å²) in [6.45, 7) is 0. The number of methoxy groups -OCH3 is 1. The zero-order valence-electron chi connectivity index (χ0n) is 11.0. The number of benzene rings is 1. The molecule has 1 atom stereocenters. The second-order valence-corrected chi connectivity index (χ2v) is 5.22. The molecule has 0 bridgehead atoms. The maximum absolute atomic E-state index is 12.2. The number of likely N-dealkylation sites (N-methyl/N-ethyl adjacent to an activating group) is 1. The molecule has 1 N–H and O–H groups in total. The van der Waals surface area contributed by atoms with Gasteiger partial charge in [0, 0.05) is 11.5 Å². The zero-order chi connectivity index (χ0) is 14.9. The van der Waals surface area contributed by atoms with E-state index in [1.54, 1.807) is 18.2 Å². The maximum atomic E-state index is 12.2. The van der Waals surface area contributed by atoms with Crippen molar-refractivity contribution >= 4 is 33.7 Å². The van der Waals surface area contributed by atoms with Gasteiger partial charge >= 0.3 is 0 Å².